The molecule has 0 saturated carbocycles. The Kier molecular flexibility index (Phi) is 5.37. The summed E-state index contributed by atoms with van der Waals surface area (Å²) in [5, 5.41) is 7.40. The molecule has 0 aliphatic carbocycles. The fourth-order valence-corrected chi connectivity index (χ4v) is 3.80. The Hall–Kier alpha value is -4.38. The SMILES string of the molecule is O=c1cc(Nc2ccccc2)n(-c2ccccc2)c2nccc(CNc3ccccc3)c12. The molecule has 5 heteroatoms. The second-order valence-corrected chi connectivity index (χ2v) is 7.44. The third-order valence-electron chi connectivity index (χ3n) is 5.30. The predicted octanol–water partition coefficient (Wildman–Crippen LogP) is 5.74. The number of nitrogens with zero attached hydrogens (tertiary/aromatic N) is 2. The summed E-state index contributed by atoms with van der Waals surface area (Å²) in [4.78, 5) is 17.9. The normalized spacial score (nSPS) is 10.8. The Balaban J connectivity index is 1.66. The molecule has 0 bridgehead atoms. The van der Waals surface area contributed by atoms with Crippen LogP contribution in [0.4, 0.5) is 17.2 Å². The zero-order valence-corrected chi connectivity index (χ0v) is 17.4. The monoisotopic (exact) mass is 418 g/mol. The number of benzene rings is 3. The van der Waals surface area contributed by atoms with Crippen LogP contribution >= 0.6 is 0 Å². The van der Waals surface area contributed by atoms with Gasteiger partial charge in [-0.3, -0.25) is 9.36 Å². The van der Waals surface area contributed by atoms with Gasteiger partial charge in [0.05, 0.1) is 5.39 Å². The minimum absolute atomic E-state index is 0.0661. The number of anilines is 3. The van der Waals surface area contributed by atoms with Crippen LogP contribution in [0.3, 0.4) is 0 Å². The Morgan fingerprint density at radius 1 is 0.750 bits per heavy atom. The van der Waals surface area contributed by atoms with E-state index in [9.17, 15) is 4.79 Å². The molecule has 0 fully saturated rings. The van der Waals surface area contributed by atoms with Gasteiger partial charge in [0.2, 0.25) is 0 Å². The van der Waals surface area contributed by atoms with E-state index in [0.29, 0.717) is 23.4 Å². The molecular formula is C27H22N4O. The van der Waals surface area contributed by atoms with Gasteiger partial charge < -0.3 is 10.6 Å². The number of pyridine rings is 2. The first-order valence-corrected chi connectivity index (χ1v) is 10.5. The first-order valence-electron chi connectivity index (χ1n) is 10.5. The van der Waals surface area contributed by atoms with Crippen LogP contribution in [0.1, 0.15) is 5.56 Å². The van der Waals surface area contributed by atoms with Gasteiger partial charge in [0, 0.05) is 35.9 Å². The molecule has 0 aliphatic rings. The van der Waals surface area contributed by atoms with Gasteiger partial charge >= 0.3 is 0 Å². The van der Waals surface area contributed by atoms with Crippen LogP contribution in [-0.2, 0) is 6.54 Å². The maximum absolute atomic E-state index is 13.3. The standard InChI is InChI=1S/C27H22N4O/c32-24-18-25(30-22-12-6-2-7-13-22)31(23-14-8-3-9-15-23)27-26(24)20(16-17-28-27)19-29-21-10-4-1-5-11-21/h1-18,29-30H,19H2. The molecule has 5 nitrogen and oxygen atoms in total. The average molecular weight is 419 g/mol. The molecule has 0 atom stereocenters. The van der Waals surface area contributed by atoms with Crippen LogP contribution < -0.4 is 16.1 Å². The van der Waals surface area contributed by atoms with E-state index in [1.165, 1.54) is 0 Å². The van der Waals surface area contributed by atoms with E-state index in [0.717, 1.165) is 22.6 Å². The van der Waals surface area contributed by atoms with Gasteiger partial charge in [-0.25, -0.2) is 4.98 Å². The Bertz CT molecular complexity index is 1400. The minimum Gasteiger partial charge on any atom is -0.381 e. The van der Waals surface area contributed by atoms with Crippen molar-refractivity contribution in [3.05, 3.63) is 125 Å². The van der Waals surface area contributed by atoms with Crippen molar-refractivity contribution in [2.24, 2.45) is 0 Å². The van der Waals surface area contributed by atoms with Crippen LogP contribution in [0.15, 0.2) is 114 Å². The first-order chi connectivity index (χ1) is 15.8. The first kappa shape index (κ1) is 19.6. The number of para-hydroxylation sites is 3. The molecule has 5 aromatic rings. The highest BCUT2D eigenvalue weighted by molar-refractivity contribution is 5.84. The van der Waals surface area contributed by atoms with E-state index in [-0.39, 0.29) is 5.43 Å². The number of aromatic nitrogens is 2. The van der Waals surface area contributed by atoms with Gasteiger partial charge in [-0.05, 0) is 48.0 Å². The van der Waals surface area contributed by atoms with Crippen molar-refractivity contribution in [1.29, 1.82) is 0 Å². The van der Waals surface area contributed by atoms with Gasteiger partial charge in [0.25, 0.3) is 0 Å². The second-order valence-electron chi connectivity index (χ2n) is 7.44. The molecule has 5 rings (SSSR count). The van der Waals surface area contributed by atoms with E-state index >= 15 is 0 Å². The van der Waals surface area contributed by atoms with E-state index in [1.54, 1.807) is 12.3 Å². The quantitative estimate of drug-likeness (QED) is 0.369. The third-order valence-corrected chi connectivity index (χ3v) is 5.30. The van der Waals surface area contributed by atoms with E-state index < -0.39 is 0 Å². The molecule has 0 unspecified atom stereocenters. The molecule has 32 heavy (non-hydrogen) atoms. The summed E-state index contributed by atoms with van der Waals surface area (Å²) in [7, 11) is 0. The molecule has 0 aliphatic heterocycles. The van der Waals surface area contributed by atoms with Crippen molar-refractivity contribution in [2.75, 3.05) is 10.6 Å². The highest BCUT2D eigenvalue weighted by Crippen LogP contribution is 2.25. The smallest absolute Gasteiger partial charge is 0.193 e. The van der Waals surface area contributed by atoms with Gasteiger partial charge in [-0.15, -0.1) is 0 Å². The zero-order valence-electron chi connectivity index (χ0n) is 17.4. The fourth-order valence-electron chi connectivity index (χ4n) is 3.80. The van der Waals surface area contributed by atoms with Crippen molar-refractivity contribution in [1.82, 2.24) is 9.55 Å². The minimum atomic E-state index is -0.0661. The summed E-state index contributed by atoms with van der Waals surface area (Å²) in [6.07, 6.45) is 1.76. The molecule has 2 N–H and O–H groups in total. The average Bonchev–Trinajstić information content (AvgIpc) is 2.84. The molecule has 2 heterocycles. The summed E-state index contributed by atoms with van der Waals surface area (Å²) in [6, 6.07) is 33.3. The lowest BCUT2D eigenvalue weighted by molar-refractivity contribution is 1.05. The van der Waals surface area contributed by atoms with Crippen molar-refractivity contribution >= 4 is 28.2 Å². The summed E-state index contributed by atoms with van der Waals surface area (Å²) in [6.45, 7) is 0.526. The number of hydrogen-bond donors (Lipinski definition) is 2. The molecule has 3 aromatic carbocycles. The zero-order chi connectivity index (χ0) is 21.8. The maximum Gasteiger partial charge on any atom is 0.193 e. The number of rotatable bonds is 6. The van der Waals surface area contributed by atoms with Crippen LogP contribution in [0, 0.1) is 0 Å². The van der Waals surface area contributed by atoms with Crippen LogP contribution in [0.2, 0.25) is 0 Å². The lowest BCUT2D eigenvalue weighted by Crippen LogP contribution is -2.16. The van der Waals surface area contributed by atoms with E-state index in [4.69, 9.17) is 0 Å². The fraction of sp³-hybridized carbons (Fsp3) is 0.0370. The molecule has 0 radical (unpaired) electrons. The number of nitrogens with one attached hydrogen (secondary N) is 2. The number of hydrogen-bond acceptors (Lipinski definition) is 4. The van der Waals surface area contributed by atoms with Gasteiger partial charge in [-0.2, -0.15) is 0 Å². The summed E-state index contributed by atoms with van der Waals surface area (Å²) in [5.74, 6) is 0.667. The van der Waals surface area contributed by atoms with Crippen molar-refractivity contribution in [3.63, 3.8) is 0 Å². The Morgan fingerprint density at radius 2 is 1.38 bits per heavy atom. The predicted molar refractivity (Wildman–Crippen MR) is 131 cm³/mol. The highest BCUT2D eigenvalue weighted by atomic mass is 16.1. The van der Waals surface area contributed by atoms with Crippen molar-refractivity contribution in [3.8, 4) is 5.69 Å². The van der Waals surface area contributed by atoms with Crippen LogP contribution in [0.25, 0.3) is 16.7 Å². The summed E-state index contributed by atoms with van der Waals surface area (Å²) < 4.78 is 2.00. The van der Waals surface area contributed by atoms with Crippen LogP contribution in [0.5, 0.6) is 0 Å². The molecular weight excluding hydrogens is 396 g/mol. The van der Waals surface area contributed by atoms with E-state index in [1.807, 2.05) is 102 Å². The largest absolute Gasteiger partial charge is 0.381 e. The molecule has 0 saturated heterocycles. The molecule has 156 valence electrons. The van der Waals surface area contributed by atoms with E-state index in [2.05, 4.69) is 15.6 Å². The molecule has 0 spiro atoms. The summed E-state index contributed by atoms with van der Waals surface area (Å²) in [5.41, 5.74) is 4.29. The number of fused-ring (bicyclic) bond motifs is 1. The second kappa shape index (κ2) is 8.78. The van der Waals surface area contributed by atoms with Gasteiger partial charge in [0.1, 0.15) is 11.5 Å². The maximum atomic E-state index is 13.3. The lowest BCUT2D eigenvalue weighted by Gasteiger charge is -2.19. The van der Waals surface area contributed by atoms with Gasteiger partial charge in [-0.1, -0.05) is 54.6 Å². The van der Waals surface area contributed by atoms with Gasteiger partial charge in [0.15, 0.2) is 5.43 Å². The third kappa shape index (κ3) is 3.96. The Morgan fingerprint density at radius 3 is 2.06 bits per heavy atom. The molecule has 2 aromatic heterocycles. The lowest BCUT2D eigenvalue weighted by atomic mass is 10.1. The van der Waals surface area contributed by atoms with Crippen molar-refractivity contribution < 1.29 is 0 Å². The molecule has 0 amide bonds. The topological polar surface area (TPSA) is 59.0 Å². The Labute approximate surface area is 186 Å². The van der Waals surface area contributed by atoms with Crippen molar-refractivity contribution in [2.45, 2.75) is 6.54 Å². The van der Waals surface area contributed by atoms with Crippen LogP contribution in [-0.4, -0.2) is 9.55 Å². The highest BCUT2D eigenvalue weighted by Gasteiger charge is 2.15. The summed E-state index contributed by atoms with van der Waals surface area (Å²) >= 11 is 0.